The van der Waals surface area contributed by atoms with Gasteiger partial charge in [0.05, 0.1) is 22.2 Å². The summed E-state index contributed by atoms with van der Waals surface area (Å²) in [4.78, 5) is 22.3. The van der Waals surface area contributed by atoms with Gasteiger partial charge < -0.3 is 5.32 Å². The van der Waals surface area contributed by atoms with E-state index >= 15 is 0 Å². The highest BCUT2D eigenvalue weighted by atomic mass is 16.1. The molecular formula is C25H31N7O. The molecule has 4 rings (SSSR count). The number of hydrogen-bond acceptors (Lipinski definition) is 5. The number of aromatic nitrogens is 6. The van der Waals surface area contributed by atoms with Gasteiger partial charge in [0.25, 0.3) is 5.91 Å². The first kappa shape index (κ1) is 22.6. The van der Waals surface area contributed by atoms with Gasteiger partial charge in [0.2, 0.25) is 0 Å². The lowest BCUT2D eigenvalue weighted by molar-refractivity contribution is 0.102. The molecule has 4 aromatic rings. The normalized spacial score (nSPS) is 12.0. The van der Waals surface area contributed by atoms with Crippen LogP contribution in [0.25, 0.3) is 11.0 Å². The van der Waals surface area contributed by atoms with Gasteiger partial charge in [0.15, 0.2) is 11.5 Å². The molecule has 172 valence electrons. The second-order valence-corrected chi connectivity index (χ2v) is 9.64. The summed E-state index contributed by atoms with van der Waals surface area (Å²) in [7, 11) is 0. The molecule has 0 aliphatic carbocycles. The number of amides is 1. The largest absolute Gasteiger partial charge is 0.305 e. The van der Waals surface area contributed by atoms with Gasteiger partial charge >= 0.3 is 0 Å². The van der Waals surface area contributed by atoms with Crippen molar-refractivity contribution in [3.8, 4) is 0 Å². The van der Waals surface area contributed by atoms with Crippen molar-refractivity contribution >= 4 is 22.8 Å². The van der Waals surface area contributed by atoms with E-state index in [1.807, 2.05) is 46.7 Å². The first-order chi connectivity index (χ1) is 15.6. The van der Waals surface area contributed by atoms with E-state index < -0.39 is 0 Å². The average molecular weight is 446 g/mol. The van der Waals surface area contributed by atoms with Gasteiger partial charge in [-0.2, -0.15) is 10.2 Å². The van der Waals surface area contributed by atoms with Crippen LogP contribution in [-0.2, 0) is 18.5 Å². The standard InChI is InChI=1S/C25H31N7O/c1-16(2)20-15-19(22-17(3)29-32(23(22)27-20)25(4,5)6)24(33)28-21-10-14-31(30-21)13-9-18-7-11-26-12-8-18/h7-8,10-12,14-16H,9,13H2,1-6H3,(H,28,30,33). The predicted octanol–water partition coefficient (Wildman–Crippen LogP) is 4.70. The van der Waals surface area contributed by atoms with Crippen molar-refractivity contribution in [1.29, 1.82) is 0 Å². The minimum atomic E-state index is -0.254. The molecule has 4 aromatic heterocycles. The average Bonchev–Trinajstić information content (AvgIpc) is 3.36. The Morgan fingerprint density at radius 1 is 1.12 bits per heavy atom. The highest BCUT2D eigenvalue weighted by Gasteiger charge is 2.25. The Labute approximate surface area is 194 Å². The number of pyridine rings is 2. The van der Waals surface area contributed by atoms with Crippen LogP contribution in [0.1, 0.15) is 67.8 Å². The second kappa shape index (κ2) is 8.77. The van der Waals surface area contributed by atoms with Gasteiger partial charge in [-0.25, -0.2) is 9.67 Å². The fourth-order valence-electron chi connectivity index (χ4n) is 3.78. The Morgan fingerprint density at radius 2 is 1.85 bits per heavy atom. The van der Waals surface area contributed by atoms with E-state index in [-0.39, 0.29) is 17.4 Å². The van der Waals surface area contributed by atoms with Crippen molar-refractivity contribution in [2.75, 3.05) is 5.32 Å². The Hall–Kier alpha value is -3.55. The molecule has 1 N–H and O–H groups in total. The molecule has 0 aliphatic rings. The number of carbonyl (C=O) groups excluding carboxylic acids is 1. The minimum Gasteiger partial charge on any atom is -0.305 e. The molecule has 1 amide bonds. The fraction of sp³-hybridized carbons (Fsp3) is 0.400. The molecule has 0 spiro atoms. The molecule has 33 heavy (non-hydrogen) atoms. The number of hydrogen-bond donors (Lipinski definition) is 1. The lowest BCUT2D eigenvalue weighted by atomic mass is 10.0. The zero-order valence-electron chi connectivity index (χ0n) is 20.1. The highest BCUT2D eigenvalue weighted by molar-refractivity contribution is 6.12. The molecule has 0 aromatic carbocycles. The number of nitrogens with one attached hydrogen (secondary N) is 1. The monoisotopic (exact) mass is 445 g/mol. The zero-order valence-corrected chi connectivity index (χ0v) is 20.1. The van der Waals surface area contributed by atoms with Gasteiger partial charge in [-0.15, -0.1) is 0 Å². The summed E-state index contributed by atoms with van der Waals surface area (Å²) in [6.07, 6.45) is 6.29. The van der Waals surface area contributed by atoms with E-state index in [1.165, 1.54) is 5.56 Å². The SMILES string of the molecule is Cc1nn(C(C)(C)C)c2nc(C(C)C)cc(C(=O)Nc3ccn(CCc4ccncc4)n3)c12. The lowest BCUT2D eigenvalue weighted by Crippen LogP contribution is -2.24. The van der Waals surface area contributed by atoms with Gasteiger partial charge in [0.1, 0.15) is 0 Å². The molecule has 0 aliphatic heterocycles. The van der Waals surface area contributed by atoms with Crippen LogP contribution in [0.2, 0.25) is 0 Å². The summed E-state index contributed by atoms with van der Waals surface area (Å²) in [6.45, 7) is 13.0. The number of aryl methyl sites for hydroxylation is 3. The molecule has 0 bridgehead atoms. The van der Waals surface area contributed by atoms with Crippen LogP contribution in [0.5, 0.6) is 0 Å². The third kappa shape index (κ3) is 4.79. The molecule has 0 unspecified atom stereocenters. The van der Waals surface area contributed by atoms with E-state index in [9.17, 15) is 4.79 Å². The summed E-state index contributed by atoms with van der Waals surface area (Å²) in [5.74, 6) is 0.490. The summed E-state index contributed by atoms with van der Waals surface area (Å²) < 4.78 is 3.74. The van der Waals surface area contributed by atoms with Crippen LogP contribution in [0.3, 0.4) is 0 Å². The molecule has 8 nitrogen and oxygen atoms in total. The minimum absolute atomic E-state index is 0.178. The molecule has 0 saturated heterocycles. The molecule has 4 heterocycles. The fourth-order valence-corrected chi connectivity index (χ4v) is 3.78. The third-order valence-corrected chi connectivity index (χ3v) is 5.57. The number of carbonyl (C=O) groups is 1. The molecule has 0 saturated carbocycles. The smallest absolute Gasteiger partial charge is 0.257 e. The van der Waals surface area contributed by atoms with Crippen LogP contribution < -0.4 is 5.32 Å². The summed E-state index contributed by atoms with van der Waals surface area (Å²) >= 11 is 0. The Balaban J connectivity index is 1.62. The number of fused-ring (bicyclic) bond motifs is 1. The number of rotatable bonds is 6. The topological polar surface area (TPSA) is 90.5 Å². The van der Waals surface area contributed by atoms with Crippen LogP contribution in [-0.4, -0.2) is 35.4 Å². The maximum absolute atomic E-state index is 13.4. The Bertz CT molecular complexity index is 1280. The van der Waals surface area contributed by atoms with Crippen molar-refractivity contribution in [3.63, 3.8) is 0 Å². The van der Waals surface area contributed by atoms with E-state index in [0.717, 1.165) is 28.8 Å². The van der Waals surface area contributed by atoms with Gasteiger partial charge in [-0.05, 0) is 63.8 Å². The van der Waals surface area contributed by atoms with Crippen molar-refractivity contribution in [2.24, 2.45) is 0 Å². The van der Waals surface area contributed by atoms with E-state index in [1.54, 1.807) is 12.4 Å². The van der Waals surface area contributed by atoms with E-state index in [4.69, 9.17) is 10.1 Å². The predicted molar refractivity (Wildman–Crippen MR) is 129 cm³/mol. The quantitative estimate of drug-likeness (QED) is 0.464. The number of nitrogens with zero attached hydrogens (tertiary/aromatic N) is 6. The van der Waals surface area contributed by atoms with Crippen LogP contribution in [0.4, 0.5) is 5.82 Å². The Kier molecular flexibility index (Phi) is 6.01. The zero-order chi connectivity index (χ0) is 23.8. The molecule has 8 heteroatoms. The molecular weight excluding hydrogens is 414 g/mol. The molecule has 0 atom stereocenters. The van der Waals surface area contributed by atoms with Crippen LogP contribution >= 0.6 is 0 Å². The summed E-state index contributed by atoms with van der Waals surface area (Å²) in [6, 6.07) is 7.68. The summed E-state index contributed by atoms with van der Waals surface area (Å²) in [5, 5.41) is 13.0. The third-order valence-electron chi connectivity index (χ3n) is 5.57. The molecule has 0 radical (unpaired) electrons. The highest BCUT2D eigenvalue weighted by Crippen LogP contribution is 2.29. The molecule has 0 fully saturated rings. The first-order valence-electron chi connectivity index (χ1n) is 11.3. The van der Waals surface area contributed by atoms with E-state index in [2.05, 4.69) is 50.0 Å². The first-order valence-corrected chi connectivity index (χ1v) is 11.3. The van der Waals surface area contributed by atoms with Crippen molar-refractivity contribution in [1.82, 2.24) is 29.5 Å². The summed E-state index contributed by atoms with van der Waals surface area (Å²) in [5.41, 5.74) is 3.90. The van der Waals surface area contributed by atoms with Crippen molar-refractivity contribution < 1.29 is 4.79 Å². The van der Waals surface area contributed by atoms with Crippen LogP contribution in [0, 0.1) is 6.92 Å². The van der Waals surface area contributed by atoms with Crippen molar-refractivity contribution in [2.45, 2.75) is 66.0 Å². The van der Waals surface area contributed by atoms with E-state index in [0.29, 0.717) is 17.9 Å². The Morgan fingerprint density at radius 3 is 2.52 bits per heavy atom. The number of anilines is 1. The van der Waals surface area contributed by atoms with Gasteiger partial charge in [-0.1, -0.05) is 13.8 Å². The maximum atomic E-state index is 13.4. The second-order valence-electron chi connectivity index (χ2n) is 9.64. The lowest BCUT2D eigenvalue weighted by Gasteiger charge is -2.20. The maximum Gasteiger partial charge on any atom is 0.257 e. The van der Waals surface area contributed by atoms with Gasteiger partial charge in [0, 0.05) is 36.9 Å². The van der Waals surface area contributed by atoms with Crippen molar-refractivity contribution in [3.05, 3.63) is 65.4 Å². The van der Waals surface area contributed by atoms with Gasteiger partial charge in [-0.3, -0.25) is 14.5 Å². The van der Waals surface area contributed by atoms with Crippen LogP contribution in [0.15, 0.2) is 42.9 Å².